The summed E-state index contributed by atoms with van der Waals surface area (Å²) >= 11 is 0. The summed E-state index contributed by atoms with van der Waals surface area (Å²) in [5.74, 6) is -0.741. The predicted octanol–water partition coefficient (Wildman–Crippen LogP) is 0.761. The summed E-state index contributed by atoms with van der Waals surface area (Å²) in [5.41, 5.74) is 8.93. The van der Waals surface area contributed by atoms with Crippen molar-refractivity contribution >= 4 is 17.7 Å². The van der Waals surface area contributed by atoms with E-state index in [1.54, 1.807) is 4.90 Å². The largest absolute Gasteiger partial charge is 0.328 e. The lowest BCUT2D eigenvalue weighted by molar-refractivity contribution is -0.136. The highest BCUT2D eigenvalue weighted by Gasteiger charge is 2.39. The SMILES string of the molecule is NC1CCCN(Cc2cccc3c2CN(C2CCC(=O)NC2=O)C3=O)CC1. The van der Waals surface area contributed by atoms with Gasteiger partial charge in [0.15, 0.2) is 0 Å². The van der Waals surface area contributed by atoms with Crippen molar-refractivity contribution in [1.82, 2.24) is 15.1 Å². The third-order valence-corrected chi connectivity index (χ3v) is 5.94. The number of piperidine rings is 1. The van der Waals surface area contributed by atoms with E-state index in [2.05, 4.69) is 16.3 Å². The average molecular weight is 370 g/mol. The normalized spacial score (nSPS) is 26.7. The fourth-order valence-corrected chi connectivity index (χ4v) is 4.38. The average Bonchev–Trinajstić information content (AvgIpc) is 2.83. The van der Waals surface area contributed by atoms with Crippen LogP contribution in [0, 0.1) is 0 Å². The Morgan fingerprint density at radius 2 is 1.96 bits per heavy atom. The third-order valence-electron chi connectivity index (χ3n) is 5.94. The lowest BCUT2D eigenvalue weighted by Crippen LogP contribution is -2.52. The van der Waals surface area contributed by atoms with E-state index in [9.17, 15) is 14.4 Å². The molecule has 0 radical (unpaired) electrons. The maximum absolute atomic E-state index is 12.9. The van der Waals surface area contributed by atoms with Crippen molar-refractivity contribution in [1.29, 1.82) is 0 Å². The first kappa shape index (κ1) is 18.1. The molecule has 2 saturated heterocycles. The molecular weight excluding hydrogens is 344 g/mol. The fraction of sp³-hybridized carbons (Fsp3) is 0.550. The number of rotatable bonds is 3. The van der Waals surface area contributed by atoms with Gasteiger partial charge in [-0.2, -0.15) is 0 Å². The van der Waals surface area contributed by atoms with E-state index in [0.717, 1.165) is 50.0 Å². The van der Waals surface area contributed by atoms with Crippen molar-refractivity contribution < 1.29 is 14.4 Å². The van der Waals surface area contributed by atoms with Crippen molar-refractivity contribution in [2.45, 2.75) is 57.3 Å². The summed E-state index contributed by atoms with van der Waals surface area (Å²) < 4.78 is 0. The van der Waals surface area contributed by atoms with Crippen molar-refractivity contribution in [2.75, 3.05) is 13.1 Å². The van der Waals surface area contributed by atoms with Crippen LogP contribution in [0.2, 0.25) is 0 Å². The smallest absolute Gasteiger partial charge is 0.255 e. The number of carbonyl (C=O) groups is 3. The molecule has 0 bridgehead atoms. The van der Waals surface area contributed by atoms with E-state index in [1.165, 1.54) is 0 Å². The maximum atomic E-state index is 12.9. The number of nitrogens with zero attached hydrogens (tertiary/aromatic N) is 2. The second-order valence-corrected chi connectivity index (χ2v) is 7.81. The molecule has 1 aromatic carbocycles. The zero-order chi connectivity index (χ0) is 19.0. The summed E-state index contributed by atoms with van der Waals surface area (Å²) in [6.45, 7) is 3.22. The van der Waals surface area contributed by atoms with Gasteiger partial charge in [-0.25, -0.2) is 0 Å². The van der Waals surface area contributed by atoms with Crippen LogP contribution < -0.4 is 11.1 Å². The molecule has 0 saturated carbocycles. The lowest BCUT2D eigenvalue weighted by atomic mass is 10.0. The molecular formula is C20H26N4O3. The van der Waals surface area contributed by atoms with Gasteiger partial charge in [-0.1, -0.05) is 12.1 Å². The molecule has 0 spiro atoms. The minimum Gasteiger partial charge on any atom is -0.328 e. The number of imide groups is 1. The number of hydrogen-bond acceptors (Lipinski definition) is 5. The molecule has 0 aliphatic carbocycles. The number of benzene rings is 1. The summed E-state index contributed by atoms with van der Waals surface area (Å²) in [6.07, 6.45) is 3.82. The number of nitrogens with one attached hydrogen (secondary N) is 1. The van der Waals surface area contributed by atoms with Gasteiger partial charge in [-0.05, 0) is 56.0 Å². The number of likely N-dealkylation sites (tertiary alicyclic amines) is 1. The molecule has 7 heteroatoms. The highest BCUT2D eigenvalue weighted by Crippen LogP contribution is 2.30. The predicted molar refractivity (Wildman–Crippen MR) is 99.6 cm³/mol. The first-order valence-corrected chi connectivity index (χ1v) is 9.76. The first-order chi connectivity index (χ1) is 13.0. The topological polar surface area (TPSA) is 95.7 Å². The molecule has 3 aliphatic rings. The zero-order valence-corrected chi connectivity index (χ0v) is 15.4. The van der Waals surface area contributed by atoms with Crippen LogP contribution in [0.4, 0.5) is 0 Å². The van der Waals surface area contributed by atoms with Gasteiger partial charge in [-0.3, -0.25) is 24.6 Å². The Morgan fingerprint density at radius 1 is 1.11 bits per heavy atom. The van der Waals surface area contributed by atoms with Gasteiger partial charge in [0.25, 0.3) is 5.91 Å². The molecule has 4 rings (SSSR count). The van der Waals surface area contributed by atoms with Gasteiger partial charge in [-0.15, -0.1) is 0 Å². The Balaban J connectivity index is 1.52. The standard InChI is InChI=1S/C20H26N4O3/c21-14-4-2-9-23(10-8-14)11-13-3-1-5-15-16(13)12-24(20(15)27)17-6-7-18(25)22-19(17)26/h1,3,5,14,17H,2,4,6-12,21H2,(H,22,25,26). The van der Waals surface area contributed by atoms with Crippen molar-refractivity contribution in [3.8, 4) is 0 Å². The Kier molecular flexibility index (Phi) is 4.97. The zero-order valence-electron chi connectivity index (χ0n) is 15.4. The van der Waals surface area contributed by atoms with Crippen LogP contribution in [0.15, 0.2) is 18.2 Å². The number of fused-ring (bicyclic) bond motifs is 1. The molecule has 3 amide bonds. The molecule has 2 fully saturated rings. The van der Waals surface area contributed by atoms with Crippen LogP contribution in [0.25, 0.3) is 0 Å². The molecule has 7 nitrogen and oxygen atoms in total. The summed E-state index contributed by atoms with van der Waals surface area (Å²) in [5, 5.41) is 2.35. The quantitative estimate of drug-likeness (QED) is 0.766. The van der Waals surface area contributed by atoms with Crippen LogP contribution in [-0.4, -0.2) is 52.7 Å². The lowest BCUT2D eigenvalue weighted by Gasteiger charge is -2.29. The van der Waals surface area contributed by atoms with Crippen molar-refractivity contribution in [2.24, 2.45) is 5.73 Å². The number of carbonyl (C=O) groups excluding carboxylic acids is 3. The number of amides is 3. The van der Waals surface area contributed by atoms with Gasteiger partial charge in [0, 0.05) is 31.1 Å². The van der Waals surface area contributed by atoms with Crippen molar-refractivity contribution in [3.63, 3.8) is 0 Å². The Labute approximate surface area is 158 Å². The summed E-state index contributed by atoms with van der Waals surface area (Å²) in [6, 6.07) is 5.55. The Bertz CT molecular complexity index is 778. The third kappa shape index (κ3) is 3.61. The van der Waals surface area contributed by atoms with E-state index in [1.807, 2.05) is 12.1 Å². The van der Waals surface area contributed by atoms with Gasteiger partial charge in [0.05, 0.1) is 0 Å². The number of hydrogen-bond donors (Lipinski definition) is 2. The summed E-state index contributed by atoms with van der Waals surface area (Å²) in [7, 11) is 0. The molecule has 0 aromatic heterocycles. The fourth-order valence-electron chi connectivity index (χ4n) is 4.38. The van der Waals surface area contributed by atoms with E-state index >= 15 is 0 Å². The molecule has 3 aliphatic heterocycles. The Hall–Kier alpha value is -2.25. The van der Waals surface area contributed by atoms with Gasteiger partial charge >= 0.3 is 0 Å². The van der Waals surface area contributed by atoms with Gasteiger partial charge in [0.1, 0.15) is 6.04 Å². The summed E-state index contributed by atoms with van der Waals surface area (Å²) in [4.78, 5) is 40.5. The van der Waals surface area contributed by atoms with Crippen molar-refractivity contribution in [3.05, 3.63) is 34.9 Å². The molecule has 1 aromatic rings. The van der Waals surface area contributed by atoms with Gasteiger partial charge in [0.2, 0.25) is 11.8 Å². The second kappa shape index (κ2) is 7.40. The monoisotopic (exact) mass is 370 g/mol. The number of nitrogens with two attached hydrogens (primary N) is 1. The molecule has 27 heavy (non-hydrogen) atoms. The van der Waals surface area contributed by atoms with Crippen LogP contribution in [-0.2, 0) is 22.7 Å². The maximum Gasteiger partial charge on any atom is 0.255 e. The van der Waals surface area contributed by atoms with Gasteiger partial charge < -0.3 is 10.6 Å². The molecule has 3 heterocycles. The van der Waals surface area contributed by atoms with Crippen LogP contribution >= 0.6 is 0 Å². The molecule has 3 N–H and O–H groups in total. The Morgan fingerprint density at radius 3 is 2.78 bits per heavy atom. The van der Waals surface area contributed by atoms with E-state index in [4.69, 9.17) is 5.73 Å². The van der Waals surface area contributed by atoms with E-state index in [-0.39, 0.29) is 30.2 Å². The van der Waals surface area contributed by atoms with Crippen LogP contribution in [0.3, 0.4) is 0 Å². The molecule has 2 unspecified atom stereocenters. The van der Waals surface area contributed by atoms with Crippen LogP contribution in [0.5, 0.6) is 0 Å². The molecule has 2 atom stereocenters. The molecule has 144 valence electrons. The second-order valence-electron chi connectivity index (χ2n) is 7.81. The minimum atomic E-state index is -0.563. The minimum absolute atomic E-state index is 0.112. The van der Waals surface area contributed by atoms with E-state index < -0.39 is 6.04 Å². The highest BCUT2D eigenvalue weighted by molar-refractivity contribution is 6.05. The van der Waals surface area contributed by atoms with Crippen LogP contribution in [0.1, 0.15) is 53.6 Å². The first-order valence-electron chi connectivity index (χ1n) is 9.76. The van der Waals surface area contributed by atoms with E-state index in [0.29, 0.717) is 18.5 Å². The highest BCUT2D eigenvalue weighted by atomic mass is 16.2.